The van der Waals surface area contributed by atoms with Crippen LogP contribution in [0.5, 0.6) is 5.75 Å². The van der Waals surface area contributed by atoms with Gasteiger partial charge in [0.25, 0.3) is 0 Å². The number of carbonyl (C=O) groups is 2. The summed E-state index contributed by atoms with van der Waals surface area (Å²) in [5, 5.41) is 8.85. The third kappa shape index (κ3) is 4.68. The molecule has 5 nitrogen and oxygen atoms in total. The van der Waals surface area contributed by atoms with Crippen molar-refractivity contribution >= 4 is 11.8 Å². The molecule has 0 fully saturated rings. The molecule has 0 spiro atoms. The molecule has 2 aromatic carbocycles. The van der Waals surface area contributed by atoms with Crippen molar-refractivity contribution in [3.8, 4) is 11.8 Å². The molecule has 2 aromatic rings. The molecule has 0 saturated carbocycles. The Bertz CT molecular complexity index is 775. The van der Waals surface area contributed by atoms with Crippen LogP contribution in [0.2, 0.25) is 0 Å². The van der Waals surface area contributed by atoms with Crippen molar-refractivity contribution in [3.05, 3.63) is 65.2 Å². The molecule has 2 rings (SSSR count). The lowest BCUT2D eigenvalue weighted by Gasteiger charge is -2.14. The molecular formula is C19H17NO4. The number of esters is 1. The zero-order valence-electron chi connectivity index (χ0n) is 13.5. The zero-order chi connectivity index (χ0) is 17.5. The van der Waals surface area contributed by atoms with Gasteiger partial charge in [-0.05, 0) is 55.8 Å². The van der Waals surface area contributed by atoms with E-state index in [9.17, 15) is 9.59 Å². The predicted molar refractivity (Wildman–Crippen MR) is 87.5 cm³/mol. The highest BCUT2D eigenvalue weighted by Gasteiger charge is 2.16. The van der Waals surface area contributed by atoms with E-state index in [2.05, 4.69) is 0 Å². The van der Waals surface area contributed by atoms with E-state index < -0.39 is 12.1 Å². The van der Waals surface area contributed by atoms with Gasteiger partial charge in [0, 0.05) is 5.56 Å². The molecule has 24 heavy (non-hydrogen) atoms. The van der Waals surface area contributed by atoms with E-state index >= 15 is 0 Å². The molecule has 0 unspecified atom stereocenters. The summed E-state index contributed by atoms with van der Waals surface area (Å²) in [5.74, 6) is -0.0578. The summed E-state index contributed by atoms with van der Waals surface area (Å²) in [5.41, 5.74) is 1.83. The number of ketones is 1. The Labute approximate surface area is 140 Å². The number of nitriles is 1. The number of ether oxygens (including phenoxy) is 2. The number of rotatable bonds is 6. The normalized spacial score (nSPS) is 11.2. The Balaban J connectivity index is 1.89. The molecule has 5 heteroatoms. The lowest BCUT2D eigenvalue weighted by Crippen LogP contribution is -2.26. The maximum Gasteiger partial charge on any atom is 0.347 e. The summed E-state index contributed by atoms with van der Waals surface area (Å²) in [4.78, 5) is 23.2. The quantitative estimate of drug-likeness (QED) is 0.602. The van der Waals surface area contributed by atoms with Gasteiger partial charge in [-0.3, -0.25) is 4.79 Å². The second-order valence-electron chi connectivity index (χ2n) is 5.26. The van der Waals surface area contributed by atoms with Crippen LogP contribution in [-0.4, -0.2) is 17.9 Å². The summed E-state index contributed by atoms with van der Waals surface area (Å²) < 4.78 is 10.7. The third-order valence-corrected chi connectivity index (χ3v) is 3.34. The monoisotopic (exact) mass is 323 g/mol. The van der Waals surface area contributed by atoms with Crippen LogP contribution in [0.15, 0.2) is 48.5 Å². The van der Waals surface area contributed by atoms with Gasteiger partial charge in [0.05, 0.1) is 11.6 Å². The average molecular weight is 323 g/mol. The third-order valence-electron chi connectivity index (χ3n) is 3.34. The smallest absolute Gasteiger partial charge is 0.347 e. The van der Waals surface area contributed by atoms with Gasteiger partial charge in [0.1, 0.15) is 12.4 Å². The van der Waals surface area contributed by atoms with Crippen LogP contribution < -0.4 is 4.74 Å². The van der Waals surface area contributed by atoms with Gasteiger partial charge in [-0.15, -0.1) is 0 Å². The predicted octanol–water partition coefficient (Wildman–Crippen LogP) is 3.27. The maximum absolute atomic E-state index is 12.0. The lowest BCUT2D eigenvalue weighted by atomic mass is 10.1. The van der Waals surface area contributed by atoms with E-state index in [1.54, 1.807) is 55.5 Å². The van der Waals surface area contributed by atoms with Crippen LogP contribution in [0, 0.1) is 11.3 Å². The molecule has 0 saturated heterocycles. The molecule has 0 aliphatic rings. The van der Waals surface area contributed by atoms with E-state index in [-0.39, 0.29) is 12.4 Å². The Morgan fingerprint density at radius 1 is 1.17 bits per heavy atom. The van der Waals surface area contributed by atoms with Gasteiger partial charge >= 0.3 is 5.97 Å². The summed E-state index contributed by atoms with van der Waals surface area (Å²) in [7, 11) is 0. The number of benzene rings is 2. The number of Topliss-reactive ketones (excluding diaryl/α,β-unsaturated/α-hetero) is 1. The second kappa shape index (κ2) is 7.93. The fourth-order valence-corrected chi connectivity index (χ4v) is 2.02. The molecule has 0 aliphatic heterocycles. The van der Waals surface area contributed by atoms with Crippen LogP contribution in [0.4, 0.5) is 0 Å². The van der Waals surface area contributed by atoms with Gasteiger partial charge in [-0.25, -0.2) is 4.79 Å². The summed E-state index contributed by atoms with van der Waals surface area (Å²) in [6.45, 7) is 3.15. The first-order chi connectivity index (χ1) is 11.5. The van der Waals surface area contributed by atoms with Crippen LogP contribution in [0.1, 0.15) is 35.3 Å². The van der Waals surface area contributed by atoms with Crippen LogP contribution in [0.3, 0.4) is 0 Å². The average Bonchev–Trinajstić information content (AvgIpc) is 2.60. The van der Waals surface area contributed by atoms with Crippen LogP contribution in [0.25, 0.3) is 0 Å². The van der Waals surface area contributed by atoms with E-state index in [1.807, 2.05) is 6.07 Å². The van der Waals surface area contributed by atoms with Gasteiger partial charge in [-0.2, -0.15) is 5.26 Å². The topological polar surface area (TPSA) is 76.4 Å². The number of hydrogen-bond acceptors (Lipinski definition) is 5. The first-order valence-electron chi connectivity index (χ1n) is 7.43. The van der Waals surface area contributed by atoms with Gasteiger partial charge < -0.3 is 9.47 Å². The van der Waals surface area contributed by atoms with Crippen LogP contribution >= 0.6 is 0 Å². The minimum Gasteiger partial charge on any atom is -0.479 e. The van der Waals surface area contributed by atoms with Gasteiger partial charge in [0.15, 0.2) is 11.9 Å². The lowest BCUT2D eigenvalue weighted by molar-refractivity contribution is -0.152. The minimum atomic E-state index is -0.785. The fraction of sp³-hybridized carbons (Fsp3) is 0.211. The highest BCUT2D eigenvalue weighted by molar-refractivity contribution is 5.94. The summed E-state index contributed by atoms with van der Waals surface area (Å²) in [6, 6.07) is 15.4. The number of hydrogen-bond donors (Lipinski definition) is 0. The van der Waals surface area contributed by atoms with Gasteiger partial charge in [0.2, 0.25) is 0 Å². The maximum atomic E-state index is 12.0. The molecule has 0 heterocycles. The second-order valence-corrected chi connectivity index (χ2v) is 5.26. The number of nitrogens with zero attached hydrogens (tertiary/aromatic N) is 1. The van der Waals surface area contributed by atoms with Crippen molar-refractivity contribution in [2.45, 2.75) is 26.6 Å². The first kappa shape index (κ1) is 17.2. The molecule has 0 radical (unpaired) electrons. The van der Waals surface area contributed by atoms with Crippen molar-refractivity contribution < 1.29 is 19.1 Å². The molecule has 0 aliphatic carbocycles. The minimum absolute atomic E-state index is 0.0337. The largest absolute Gasteiger partial charge is 0.479 e. The Kier molecular flexibility index (Phi) is 5.69. The SMILES string of the molecule is CC(=O)c1ccc(O[C@H](C)C(=O)OCc2cccc(C#N)c2)cc1. The summed E-state index contributed by atoms with van der Waals surface area (Å²) in [6.07, 6.45) is -0.785. The molecule has 0 N–H and O–H groups in total. The Morgan fingerprint density at radius 3 is 2.50 bits per heavy atom. The Hall–Kier alpha value is -3.13. The highest BCUT2D eigenvalue weighted by Crippen LogP contribution is 2.15. The highest BCUT2D eigenvalue weighted by atomic mass is 16.6. The zero-order valence-corrected chi connectivity index (χ0v) is 13.5. The molecule has 0 bridgehead atoms. The van der Waals surface area contributed by atoms with Crippen molar-refractivity contribution in [2.24, 2.45) is 0 Å². The van der Waals surface area contributed by atoms with Crippen molar-refractivity contribution in [1.82, 2.24) is 0 Å². The van der Waals surface area contributed by atoms with E-state index in [1.165, 1.54) is 6.92 Å². The van der Waals surface area contributed by atoms with Crippen LogP contribution in [-0.2, 0) is 16.1 Å². The van der Waals surface area contributed by atoms with E-state index in [0.29, 0.717) is 16.9 Å². The van der Waals surface area contributed by atoms with E-state index in [4.69, 9.17) is 14.7 Å². The standard InChI is InChI=1S/C19H17NO4/c1-13(21)17-6-8-18(9-7-17)24-14(2)19(22)23-12-16-5-3-4-15(10-16)11-20/h3-10,14H,12H2,1-2H3/t14-/m1/s1. The number of carbonyl (C=O) groups excluding carboxylic acids is 2. The molecule has 0 aromatic heterocycles. The summed E-state index contributed by atoms with van der Waals surface area (Å²) >= 11 is 0. The fourth-order valence-electron chi connectivity index (χ4n) is 2.02. The van der Waals surface area contributed by atoms with E-state index in [0.717, 1.165) is 5.56 Å². The van der Waals surface area contributed by atoms with Crippen molar-refractivity contribution in [3.63, 3.8) is 0 Å². The molecule has 1 atom stereocenters. The molecule has 0 amide bonds. The molecular weight excluding hydrogens is 306 g/mol. The first-order valence-corrected chi connectivity index (χ1v) is 7.43. The molecule has 122 valence electrons. The van der Waals surface area contributed by atoms with Gasteiger partial charge in [-0.1, -0.05) is 12.1 Å². The van der Waals surface area contributed by atoms with Crippen molar-refractivity contribution in [1.29, 1.82) is 5.26 Å². The van der Waals surface area contributed by atoms with Crippen molar-refractivity contribution in [2.75, 3.05) is 0 Å². The Morgan fingerprint density at radius 2 is 1.88 bits per heavy atom.